The van der Waals surface area contributed by atoms with Crippen LogP contribution in [0.4, 0.5) is 0 Å². The summed E-state index contributed by atoms with van der Waals surface area (Å²) in [4.78, 5) is 31.1. The summed E-state index contributed by atoms with van der Waals surface area (Å²) >= 11 is 3.48. The predicted molar refractivity (Wildman–Crippen MR) is 114 cm³/mol. The number of benzene rings is 1. The van der Waals surface area contributed by atoms with Crippen molar-refractivity contribution >= 4 is 27.7 Å². The number of amides is 2. The van der Waals surface area contributed by atoms with Gasteiger partial charge >= 0.3 is 0 Å². The molecule has 2 aliphatic rings. The first kappa shape index (κ1) is 22.1. The third-order valence-corrected chi connectivity index (χ3v) is 5.85. The topological polar surface area (TPSA) is 62.3 Å². The Bertz CT molecular complexity index is 709. The Hall–Kier alpha value is -1.64. The van der Waals surface area contributed by atoms with Gasteiger partial charge in [-0.2, -0.15) is 0 Å². The minimum Gasteiger partial charge on any atom is -0.490 e. The molecular formula is C21H30BrN3O4. The van der Waals surface area contributed by atoms with Gasteiger partial charge in [-0.1, -0.05) is 22.0 Å². The molecule has 2 saturated heterocycles. The zero-order valence-electron chi connectivity index (χ0n) is 17.2. The molecule has 2 fully saturated rings. The first-order chi connectivity index (χ1) is 13.9. The van der Waals surface area contributed by atoms with E-state index in [1.807, 2.05) is 53.1 Å². The summed E-state index contributed by atoms with van der Waals surface area (Å²) in [6.07, 6.45) is 0.995. The van der Waals surface area contributed by atoms with E-state index in [9.17, 15) is 9.59 Å². The number of likely N-dealkylation sites (N-methyl/N-ethyl adjacent to an activating group) is 1. The summed E-state index contributed by atoms with van der Waals surface area (Å²) in [7, 11) is 3.78. The maximum Gasteiger partial charge on any atom is 0.236 e. The molecular weight excluding hydrogens is 438 g/mol. The van der Waals surface area contributed by atoms with Gasteiger partial charge < -0.3 is 24.2 Å². The lowest BCUT2D eigenvalue weighted by molar-refractivity contribution is -0.141. The van der Waals surface area contributed by atoms with Crippen molar-refractivity contribution < 1.29 is 19.1 Å². The van der Waals surface area contributed by atoms with Crippen molar-refractivity contribution in [1.82, 2.24) is 14.7 Å². The number of ether oxygens (including phenoxy) is 2. The highest BCUT2D eigenvalue weighted by Gasteiger charge is 2.35. The standard InChI is InChI=1S/C21H30BrN3O4/c1-23(2)15-21(27)25-7-6-19(29-18-5-3-4-17(22)13-18)16(14-25)12-20(26)24-8-10-28-11-9-24/h3-5,13,16,19H,6-12,14-15H2,1-2H3/t16-,19-/m0/s1. The molecule has 0 aromatic heterocycles. The maximum absolute atomic E-state index is 12.9. The van der Waals surface area contributed by atoms with E-state index in [1.54, 1.807) is 0 Å². The van der Waals surface area contributed by atoms with E-state index in [0.717, 1.165) is 10.2 Å². The van der Waals surface area contributed by atoms with Crippen LogP contribution in [0, 0.1) is 5.92 Å². The summed E-state index contributed by atoms with van der Waals surface area (Å²) in [6, 6.07) is 7.75. The summed E-state index contributed by atoms with van der Waals surface area (Å²) < 4.78 is 12.6. The molecule has 0 saturated carbocycles. The second-order valence-electron chi connectivity index (χ2n) is 7.94. The summed E-state index contributed by atoms with van der Waals surface area (Å²) in [5, 5.41) is 0. The number of halogens is 1. The van der Waals surface area contributed by atoms with E-state index in [-0.39, 0.29) is 23.8 Å². The van der Waals surface area contributed by atoms with Crippen LogP contribution < -0.4 is 4.74 Å². The molecule has 0 radical (unpaired) electrons. The van der Waals surface area contributed by atoms with Crippen LogP contribution in [-0.4, -0.2) is 92.7 Å². The monoisotopic (exact) mass is 467 g/mol. The van der Waals surface area contributed by atoms with Crippen LogP contribution in [0.1, 0.15) is 12.8 Å². The Morgan fingerprint density at radius 2 is 1.93 bits per heavy atom. The molecule has 1 aromatic carbocycles. The van der Waals surface area contributed by atoms with Crippen molar-refractivity contribution in [3.8, 4) is 5.75 Å². The van der Waals surface area contributed by atoms with Crippen molar-refractivity contribution in [2.24, 2.45) is 5.92 Å². The molecule has 8 heteroatoms. The smallest absolute Gasteiger partial charge is 0.236 e. The van der Waals surface area contributed by atoms with Crippen molar-refractivity contribution in [1.29, 1.82) is 0 Å². The third kappa shape index (κ3) is 6.42. The van der Waals surface area contributed by atoms with Gasteiger partial charge in [0.15, 0.2) is 0 Å². The van der Waals surface area contributed by atoms with Gasteiger partial charge in [0.05, 0.1) is 19.8 Å². The molecule has 0 aliphatic carbocycles. The molecule has 0 N–H and O–H groups in total. The van der Waals surface area contributed by atoms with Crippen LogP contribution in [0.2, 0.25) is 0 Å². The highest BCUT2D eigenvalue weighted by atomic mass is 79.9. The van der Waals surface area contributed by atoms with Crippen LogP contribution >= 0.6 is 15.9 Å². The number of rotatable bonds is 6. The lowest BCUT2D eigenvalue weighted by atomic mass is 9.90. The van der Waals surface area contributed by atoms with Crippen LogP contribution in [0.25, 0.3) is 0 Å². The average Bonchev–Trinajstić information content (AvgIpc) is 2.69. The van der Waals surface area contributed by atoms with E-state index in [0.29, 0.717) is 58.8 Å². The second-order valence-corrected chi connectivity index (χ2v) is 8.85. The van der Waals surface area contributed by atoms with Crippen LogP contribution in [0.3, 0.4) is 0 Å². The van der Waals surface area contributed by atoms with Crippen LogP contribution in [-0.2, 0) is 14.3 Å². The van der Waals surface area contributed by atoms with Crippen LogP contribution in [0.15, 0.2) is 28.7 Å². The normalized spacial score (nSPS) is 22.6. The second kappa shape index (κ2) is 10.4. The Kier molecular flexibility index (Phi) is 7.91. The summed E-state index contributed by atoms with van der Waals surface area (Å²) in [5.74, 6) is 0.952. The minimum atomic E-state index is -0.0994. The quantitative estimate of drug-likeness (QED) is 0.638. The zero-order chi connectivity index (χ0) is 20.8. The van der Waals surface area contributed by atoms with E-state index in [4.69, 9.17) is 9.47 Å². The molecule has 3 rings (SSSR count). The van der Waals surface area contributed by atoms with Gasteiger partial charge in [0.2, 0.25) is 11.8 Å². The predicted octanol–water partition coefficient (Wildman–Crippen LogP) is 1.86. The molecule has 29 heavy (non-hydrogen) atoms. The van der Waals surface area contributed by atoms with Crippen molar-refractivity contribution in [3.63, 3.8) is 0 Å². The summed E-state index contributed by atoms with van der Waals surface area (Å²) in [5.41, 5.74) is 0. The van der Waals surface area contributed by atoms with Crippen LogP contribution in [0.5, 0.6) is 5.75 Å². The van der Waals surface area contributed by atoms with Gasteiger partial charge in [-0.05, 0) is 32.3 Å². The molecule has 2 aliphatic heterocycles. The fraction of sp³-hybridized carbons (Fsp3) is 0.619. The average molecular weight is 468 g/mol. The first-order valence-corrected chi connectivity index (χ1v) is 10.9. The first-order valence-electron chi connectivity index (χ1n) is 10.1. The van der Waals surface area contributed by atoms with E-state index in [2.05, 4.69) is 15.9 Å². The minimum absolute atomic E-state index is 0.0378. The highest BCUT2D eigenvalue weighted by molar-refractivity contribution is 9.10. The summed E-state index contributed by atoms with van der Waals surface area (Å²) in [6.45, 7) is 4.00. The van der Waals surface area contributed by atoms with Gasteiger partial charge in [0, 0.05) is 49.4 Å². The van der Waals surface area contributed by atoms with E-state index >= 15 is 0 Å². The Balaban J connectivity index is 1.69. The maximum atomic E-state index is 12.9. The molecule has 0 spiro atoms. The number of carbonyl (C=O) groups excluding carboxylic acids is 2. The number of carbonyl (C=O) groups is 2. The molecule has 160 valence electrons. The third-order valence-electron chi connectivity index (χ3n) is 5.35. The number of hydrogen-bond acceptors (Lipinski definition) is 5. The molecule has 1 aromatic rings. The Labute approximate surface area is 181 Å². The van der Waals surface area contributed by atoms with Crippen molar-refractivity contribution in [3.05, 3.63) is 28.7 Å². The lowest BCUT2D eigenvalue weighted by Crippen LogP contribution is -2.51. The van der Waals surface area contributed by atoms with Crippen molar-refractivity contribution in [2.45, 2.75) is 18.9 Å². The molecule has 0 unspecified atom stereocenters. The van der Waals surface area contributed by atoms with Gasteiger partial charge in [-0.3, -0.25) is 9.59 Å². The Morgan fingerprint density at radius 1 is 1.17 bits per heavy atom. The Morgan fingerprint density at radius 3 is 2.62 bits per heavy atom. The molecule has 2 amide bonds. The number of likely N-dealkylation sites (tertiary alicyclic amines) is 1. The SMILES string of the molecule is CN(C)CC(=O)N1CC[C@H](Oc2cccc(Br)c2)[C@@H](CC(=O)N2CCOCC2)C1. The fourth-order valence-electron chi connectivity index (χ4n) is 3.84. The molecule has 2 atom stereocenters. The number of morpholine rings is 1. The van der Waals surface area contributed by atoms with Gasteiger partial charge in [0.25, 0.3) is 0 Å². The highest BCUT2D eigenvalue weighted by Crippen LogP contribution is 2.28. The fourth-order valence-corrected chi connectivity index (χ4v) is 4.22. The van der Waals surface area contributed by atoms with Gasteiger partial charge in [-0.25, -0.2) is 0 Å². The van der Waals surface area contributed by atoms with E-state index < -0.39 is 0 Å². The van der Waals surface area contributed by atoms with Gasteiger partial charge in [0.1, 0.15) is 11.9 Å². The lowest BCUT2D eigenvalue weighted by Gasteiger charge is -2.39. The number of piperidine rings is 1. The number of nitrogens with zero attached hydrogens (tertiary/aromatic N) is 3. The zero-order valence-corrected chi connectivity index (χ0v) is 18.8. The molecule has 0 bridgehead atoms. The largest absolute Gasteiger partial charge is 0.490 e. The molecule has 7 nitrogen and oxygen atoms in total. The molecule has 2 heterocycles. The van der Waals surface area contributed by atoms with Crippen molar-refractivity contribution in [2.75, 3.05) is 60.0 Å². The van der Waals surface area contributed by atoms with Gasteiger partial charge in [-0.15, -0.1) is 0 Å². The van der Waals surface area contributed by atoms with E-state index in [1.165, 1.54) is 0 Å². The number of hydrogen-bond donors (Lipinski definition) is 0.